The third-order valence-corrected chi connectivity index (χ3v) is 4.91. The minimum atomic E-state index is -0.731. The van der Waals surface area contributed by atoms with Crippen molar-refractivity contribution in [2.75, 3.05) is 0 Å². The lowest BCUT2D eigenvalue weighted by molar-refractivity contribution is -0.0417. The zero-order valence-corrected chi connectivity index (χ0v) is 13.2. The Morgan fingerprint density at radius 1 is 1.44 bits per heavy atom. The van der Waals surface area contributed by atoms with Gasteiger partial charge in [-0.05, 0) is 60.9 Å². The van der Waals surface area contributed by atoms with Gasteiger partial charge in [0.15, 0.2) is 0 Å². The molecule has 0 amide bonds. The molecule has 3 atom stereocenters. The van der Waals surface area contributed by atoms with E-state index < -0.39 is 5.60 Å². The van der Waals surface area contributed by atoms with Crippen LogP contribution in [0.5, 0.6) is 0 Å². The van der Waals surface area contributed by atoms with Crippen LogP contribution in [0.1, 0.15) is 58.7 Å². The van der Waals surface area contributed by atoms with Crippen molar-refractivity contribution in [1.29, 1.82) is 0 Å². The van der Waals surface area contributed by atoms with Gasteiger partial charge in [0, 0.05) is 6.04 Å². The van der Waals surface area contributed by atoms with E-state index in [0.717, 1.165) is 29.4 Å². The van der Waals surface area contributed by atoms with Crippen LogP contribution >= 0.6 is 15.9 Å². The lowest BCUT2D eigenvalue weighted by Crippen LogP contribution is -2.37. The fourth-order valence-electron chi connectivity index (χ4n) is 2.97. The summed E-state index contributed by atoms with van der Waals surface area (Å²) in [6.07, 6.45) is 4.53. The molecule has 1 aliphatic carbocycles. The average Bonchev–Trinajstić information content (AvgIpc) is 2.67. The maximum absolute atomic E-state index is 11.0. The van der Waals surface area contributed by atoms with E-state index in [1.807, 2.05) is 4.68 Å². The van der Waals surface area contributed by atoms with Gasteiger partial charge >= 0.3 is 0 Å². The Morgan fingerprint density at radius 2 is 2.11 bits per heavy atom. The quantitative estimate of drug-likeness (QED) is 0.899. The average molecular weight is 315 g/mol. The van der Waals surface area contributed by atoms with Crippen molar-refractivity contribution < 1.29 is 5.11 Å². The molecule has 0 aliphatic heterocycles. The summed E-state index contributed by atoms with van der Waals surface area (Å²) >= 11 is 3.55. The van der Waals surface area contributed by atoms with Crippen LogP contribution in [0.4, 0.5) is 0 Å². The first-order valence-corrected chi connectivity index (χ1v) is 7.60. The van der Waals surface area contributed by atoms with Crippen molar-refractivity contribution in [2.45, 2.75) is 58.6 Å². The molecule has 1 heterocycles. The van der Waals surface area contributed by atoms with Crippen molar-refractivity contribution >= 4 is 15.9 Å². The summed E-state index contributed by atoms with van der Waals surface area (Å²) in [4.78, 5) is 0. The minimum Gasteiger partial charge on any atom is -0.384 e. The van der Waals surface area contributed by atoms with Crippen LogP contribution in [-0.2, 0) is 5.60 Å². The van der Waals surface area contributed by atoms with Gasteiger partial charge in [0.05, 0.1) is 16.4 Å². The van der Waals surface area contributed by atoms with Gasteiger partial charge in [-0.15, -0.1) is 0 Å². The predicted molar refractivity (Wildman–Crippen MR) is 76.4 cm³/mol. The number of aliphatic hydroxyl groups is 1. The zero-order valence-electron chi connectivity index (χ0n) is 11.7. The molecule has 0 spiro atoms. The number of hydrogen-bond acceptors (Lipinski definition) is 2. The van der Waals surface area contributed by atoms with E-state index in [1.165, 1.54) is 0 Å². The Hall–Kier alpha value is -0.350. The molecule has 0 aromatic carbocycles. The maximum atomic E-state index is 11.0. The molecule has 1 aromatic heterocycles. The van der Waals surface area contributed by atoms with Gasteiger partial charge in [-0.25, -0.2) is 0 Å². The molecule has 1 aromatic rings. The van der Waals surface area contributed by atoms with Crippen molar-refractivity contribution in [3.8, 4) is 0 Å². The van der Waals surface area contributed by atoms with Crippen LogP contribution in [0, 0.1) is 11.8 Å². The highest BCUT2D eigenvalue weighted by molar-refractivity contribution is 9.10. The van der Waals surface area contributed by atoms with E-state index in [-0.39, 0.29) is 6.04 Å². The second-order valence-electron chi connectivity index (χ2n) is 6.11. The summed E-state index contributed by atoms with van der Waals surface area (Å²) in [5, 5.41) is 15.4. The summed E-state index contributed by atoms with van der Waals surface area (Å²) < 4.78 is 2.88. The van der Waals surface area contributed by atoms with Gasteiger partial charge in [0.1, 0.15) is 5.60 Å². The first kappa shape index (κ1) is 14.1. The molecule has 3 unspecified atom stereocenters. The Morgan fingerprint density at radius 3 is 2.67 bits per heavy atom. The molecule has 0 saturated heterocycles. The second kappa shape index (κ2) is 4.97. The van der Waals surface area contributed by atoms with E-state index in [4.69, 9.17) is 0 Å². The standard InChI is InChI=1S/C14H23BrN2O/c1-9(2)17-13(12(15)8-16-17)14(18)6-5-10(3)11(4)7-14/h8-11,18H,5-7H2,1-4H3. The topological polar surface area (TPSA) is 38.1 Å². The zero-order chi connectivity index (χ0) is 13.5. The fraction of sp³-hybridized carbons (Fsp3) is 0.786. The summed E-state index contributed by atoms with van der Waals surface area (Å²) in [5.41, 5.74) is 0.224. The molecular weight excluding hydrogens is 292 g/mol. The summed E-state index contributed by atoms with van der Waals surface area (Å²) in [5.74, 6) is 1.24. The smallest absolute Gasteiger partial charge is 0.108 e. The summed E-state index contributed by atoms with van der Waals surface area (Å²) in [6.45, 7) is 8.71. The highest BCUT2D eigenvalue weighted by atomic mass is 79.9. The van der Waals surface area contributed by atoms with Gasteiger partial charge in [0.2, 0.25) is 0 Å². The Kier molecular flexibility index (Phi) is 3.88. The molecule has 4 heteroatoms. The van der Waals surface area contributed by atoms with Crippen molar-refractivity contribution in [3.63, 3.8) is 0 Å². The van der Waals surface area contributed by atoms with Crippen LogP contribution < -0.4 is 0 Å². The van der Waals surface area contributed by atoms with Gasteiger partial charge in [-0.2, -0.15) is 5.10 Å². The molecule has 1 N–H and O–H groups in total. The Balaban J connectivity index is 2.38. The molecule has 0 radical (unpaired) electrons. The van der Waals surface area contributed by atoms with E-state index in [1.54, 1.807) is 6.20 Å². The molecule has 3 nitrogen and oxygen atoms in total. The number of halogens is 1. The van der Waals surface area contributed by atoms with E-state index >= 15 is 0 Å². The summed E-state index contributed by atoms with van der Waals surface area (Å²) in [6, 6.07) is 0.269. The highest BCUT2D eigenvalue weighted by Crippen LogP contribution is 2.45. The van der Waals surface area contributed by atoms with Crippen LogP contribution in [0.2, 0.25) is 0 Å². The predicted octanol–water partition coefficient (Wildman–Crippen LogP) is 3.87. The molecule has 1 saturated carbocycles. The molecule has 0 bridgehead atoms. The van der Waals surface area contributed by atoms with Gasteiger partial charge in [-0.1, -0.05) is 13.8 Å². The Labute approximate surface area is 118 Å². The van der Waals surface area contributed by atoms with E-state index in [2.05, 4.69) is 48.7 Å². The van der Waals surface area contributed by atoms with Gasteiger partial charge in [0.25, 0.3) is 0 Å². The third kappa shape index (κ3) is 2.37. The van der Waals surface area contributed by atoms with Crippen LogP contribution in [0.25, 0.3) is 0 Å². The largest absolute Gasteiger partial charge is 0.384 e. The highest BCUT2D eigenvalue weighted by Gasteiger charge is 2.41. The lowest BCUT2D eigenvalue weighted by Gasteiger charge is -2.40. The molecule has 2 rings (SSSR count). The maximum Gasteiger partial charge on any atom is 0.108 e. The molecule has 1 fully saturated rings. The minimum absolute atomic E-state index is 0.269. The van der Waals surface area contributed by atoms with E-state index in [0.29, 0.717) is 11.8 Å². The monoisotopic (exact) mass is 314 g/mol. The molecule has 18 heavy (non-hydrogen) atoms. The van der Waals surface area contributed by atoms with Crippen molar-refractivity contribution in [1.82, 2.24) is 9.78 Å². The normalized spacial score (nSPS) is 33.1. The van der Waals surface area contributed by atoms with Gasteiger partial charge < -0.3 is 5.11 Å². The van der Waals surface area contributed by atoms with Crippen LogP contribution in [0.15, 0.2) is 10.7 Å². The number of nitrogens with zero attached hydrogens (tertiary/aromatic N) is 2. The van der Waals surface area contributed by atoms with E-state index in [9.17, 15) is 5.11 Å². The van der Waals surface area contributed by atoms with Crippen molar-refractivity contribution in [2.24, 2.45) is 11.8 Å². The van der Waals surface area contributed by atoms with Gasteiger partial charge in [-0.3, -0.25) is 4.68 Å². The summed E-state index contributed by atoms with van der Waals surface area (Å²) in [7, 11) is 0. The SMILES string of the molecule is CC1CCC(O)(c2c(Br)cnn2C(C)C)CC1C. The van der Waals surface area contributed by atoms with Crippen LogP contribution in [-0.4, -0.2) is 14.9 Å². The number of aromatic nitrogens is 2. The molecule has 1 aliphatic rings. The van der Waals surface area contributed by atoms with Crippen LogP contribution in [0.3, 0.4) is 0 Å². The number of hydrogen-bond donors (Lipinski definition) is 1. The lowest BCUT2D eigenvalue weighted by atomic mass is 9.72. The second-order valence-corrected chi connectivity index (χ2v) is 6.96. The molecular formula is C14H23BrN2O. The Bertz CT molecular complexity index is 429. The van der Waals surface area contributed by atoms with Crippen molar-refractivity contribution in [3.05, 3.63) is 16.4 Å². The number of rotatable bonds is 2. The third-order valence-electron chi connectivity index (χ3n) is 4.33. The fourth-order valence-corrected chi connectivity index (χ4v) is 3.61. The first-order chi connectivity index (χ1) is 8.35. The first-order valence-electron chi connectivity index (χ1n) is 6.81. The molecule has 102 valence electrons.